The molecule has 1 saturated heterocycles. The van der Waals surface area contributed by atoms with Crippen molar-refractivity contribution in [1.82, 2.24) is 0 Å². The SMILES string of the molecule is Brc1cccc2c1C1(CCSCC1)CN2. The normalized spacial score (nSPS) is 22.5. The van der Waals surface area contributed by atoms with Crippen LogP contribution in [0.2, 0.25) is 0 Å². The van der Waals surface area contributed by atoms with Gasteiger partial charge in [0.2, 0.25) is 0 Å². The van der Waals surface area contributed by atoms with Crippen molar-refractivity contribution in [3.63, 3.8) is 0 Å². The van der Waals surface area contributed by atoms with Gasteiger partial charge in [-0.3, -0.25) is 0 Å². The molecule has 0 bridgehead atoms. The van der Waals surface area contributed by atoms with Gasteiger partial charge in [-0.25, -0.2) is 0 Å². The Labute approximate surface area is 103 Å². The molecule has 2 aliphatic heterocycles. The minimum absolute atomic E-state index is 0.417. The van der Waals surface area contributed by atoms with Crippen LogP contribution in [0, 0.1) is 0 Å². The van der Waals surface area contributed by atoms with Crippen molar-refractivity contribution >= 4 is 33.4 Å². The number of halogens is 1. The van der Waals surface area contributed by atoms with Crippen LogP contribution in [0.3, 0.4) is 0 Å². The highest BCUT2D eigenvalue weighted by Gasteiger charge is 2.41. The smallest absolute Gasteiger partial charge is 0.0390 e. The summed E-state index contributed by atoms with van der Waals surface area (Å²) in [7, 11) is 0. The number of benzene rings is 1. The molecule has 0 atom stereocenters. The number of nitrogens with one attached hydrogen (secondary N) is 1. The maximum Gasteiger partial charge on any atom is 0.0390 e. The fourth-order valence-corrected chi connectivity index (χ4v) is 4.81. The van der Waals surface area contributed by atoms with Gasteiger partial charge >= 0.3 is 0 Å². The summed E-state index contributed by atoms with van der Waals surface area (Å²) in [5, 5.41) is 3.56. The number of thioether (sulfide) groups is 1. The lowest BCUT2D eigenvalue weighted by atomic mass is 9.77. The quantitative estimate of drug-likeness (QED) is 0.780. The van der Waals surface area contributed by atoms with Gasteiger partial charge in [0.25, 0.3) is 0 Å². The summed E-state index contributed by atoms with van der Waals surface area (Å²) in [4.78, 5) is 0. The van der Waals surface area contributed by atoms with Crippen LogP contribution < -0.4 is 5.32 Å². The highest BCUT2D eigenvalue weighted by Crippen LogP contribution is 2.48. The van der Waals surface area contributed by atoms with Crippen LogP contribution in [0.25, 0.3) is 0 Å². The first-order valence-corrected chi connectivity index (χ1v) is 7.37. The molecule has 0 amide bonds. The van der Waals surface area contributed by atoms with Crippen LogP contribution in [0.15, 0.2) is 22.7 Å². The van der Waals surface area contributed by atoms with Crippen LogP contribution in [0.1, 0.15) is 18.4 Å². The monoisotopic (exact) mass is 283 g/mol. The van der Waals surface area contributed by atoms with E-state index in [1.54, 1.807) is 0 Å². The van der Waals surface area contributed by atoms with Crippen LogP contribution in [0.4, 0.5) is 5.69 Å². The average Bonchev–Trinajstić information content (AvgIpc) is 2.60. The highest BCUT2D eigenvalue weighted by atomic mass is 79.9. The molecule has 2 heterocycles. The summed E-state index contributed by atoms with van der Waals surface area (Å²) in [5.41, 5.74) is 3.29. The molecule has 2 aliphatic rings. The number of rotatable bonds is 0. The molecule has 1 aromatic rings. The van der Waals surface area contributed by atoms with E-state index in [2.05, 4.69) is 51.2 Å². The molecule has 1 spiro atoms. The Balaban J connectivity index is 2.09. The molecule has 3 heteroatoms. The third-order valence-electron chi connectivity index (χ3n) is 3.61. The Bertz CT molecular complexity index is 380. The second-order valence-corrected chi connectivity index (χ2v) is 6.49. The van der Waals surface area contributed by atoms with Gasteiger partial charge < -0.3 is 5.32 Å². The summed E-state index contributed by atoms with van der Waals surface area (Å²) in [5.74, 6) is 2.62. The molecule has 1 nitrogen and oxygen atoms in total. The van der Waals surface area contributed by atoms with Crippen LogP contribution in [0.5, 0.6) is 0 Å². The van der Waals surface area contributed by atoms with E-state index in [0.717, 1.165) is 6.54 Å². The fourth-order valence-electron chi connectivity index (χ4n) is 2.75. The molecule has 0 aromatic heterocycles. The Kier molecular flexibility index (Phi) is 2.48. The lowest BCUT2D eigenvalue weighted by molar-refractivity contribution is 0.434. The van der Waals surface area contributed by atoms with Crippen molar-refractivity contribution in [2.75, 3.05) is 23.4 Å². The number of fused-ring (bicyclic) bond motifs is 2. The summed E-state index contributed by atoms with van der Waals surface area (Å²) in [6.45, 7) is 1.13. The molecule has 0 radical (unpaired) electrons. The van der Waals surface area contributed by atoms with Gasteiger partial charge in [0, 0.05) is 22.1 Å². The molecule has 0 saturated carbocycles. The maximum absolute atomic E-state index is 3.71. The molecular weight excluding hydrogens is 270 g/mol. The van der Waals surface area contributed by atoms with Crippen molar-refractivity contribution in [2.24, 2.45) is 0 Å². The summed E-state index contributed by atoms with van der Waals surface area (Å²) < 4.78 is 1.29. The van der Waals surface area contributed by atoms with Crippen molar-refractivity contribution < 1.29 is 0 Å². The molecule has 0 unspecified atom stereocenters. The van der Waals surface area contributed by atoms with Crippen LogP contribution >= 0.6 is 27.7 Å². The Hall–Kier alpha value is -0.150. The molecule has 15 heavy (non-hydrogen) atoms. The third-order valence-corrected chi connectivity index (χ3v) is 5.26. The van der Waals surface area contributed by atoms with Gasteiger partial charge in [-0.05, 0) is 42.0 Å². The number of hydrogen-bond acceptors (Lipinski definition) is 2. The topological polar surface area (TPSA) is 12.0 Å². The van der Waals surface area contributed by atoms with Crippen LogP contribution in [-0.2, 0) is 5.41 Å². The lowest BCUT2D eigenvalue weighted by Gasteiger charge is -2.33. The highest BCUT2D eigenvalue weighted by molar-refractivity contribution is 9.10. The molecule has 1 fully saturated rings. The summed E-state index contributed by atoms with van der Waals surface area (Å²) in [6, 6.07) is 6.50. The zero-order valence-electron chi connectivity index (χ0n) is 8.55. The predicted molar refractivity (Wildman–Crippen MR) is 70.9 cm³/mol. The molecule has 3 rings (SSSR count). The van der Waals surface area contributed by atoms with Crippen molar-refractivity contribution in [2.45, 2.75) is 18.3 Å². The van der Waals surface area contributed by atoms with Gasteiger partial charge in [-0.15, -0.1) is 0 Å². The van der Waals surface area contributed by atoms with Crippen molar-refractivity contribution in [3.05, 3.63) is 28.2 Å². The molecular formula is C12H14BrNS. The first-order valence-electron chi connectivity index (χ1n) is 5.42. The largest absolute Gasteiger partial charge is 0.384 e. The number of hydrogen-bond donors (Lipinski definition) is 1. The van der Waals surface area contributed by atoms with Gasteiger partial charge in [0.1, 0.15) is 0 Å². The van der Waals surface area contributed by atoms with Gasteiger partial charge in [0.05, 0.1) is 0 Å². The molecule has 80 valence electrons. The lowest BCUT2D eigenvalue weighted by Crippen LogP contribution is -2.33. The van der Waals surface area contributed by atoms with E-state index in [1.165, 1.54) is 40.1 Å². The van der Waals surface area contributed by atoms with Crippen LogP contribution in [-0.4, -0.2) is 18.1 Å². The van der Waals surface area contributed by atoms with Crippen molar-refractivity contribution in [3.8, 4) is 0 Å². The number of anilines is 1. The molecule has 1 N–H and O–H groups in total. The third kappa shape index (κ3) is 1.51. The van der Waals surface area contributed by atoms with Crippen molar-refractivity contribution in [1.29, 1.82) is 0 Å². The fraction of sp³-hybridized carbons (Fsp3) is 0.500. The predicted octanol–water partition coefficient (Wildman–Crippen LogP) is 3.64. The van der Waals surface area contributed by atoms with E-state index >= 15 is 0 Å². The summed E-state index contributed by atoms with van der Waals surface area (Å²) >= 11 is 5.80. The van der Waals surface area contributed by atoms with Gasteiger partial charge in [0.15, 0.2) is 0 Å². The standard InChI is InChI=1S/C12H14BrNS/c13-9-2-1-3-10-11(9)12(8-14-10)4-6-15-7-5-12/h1-3,14H,4-8H2. The average molecular weight is 284 g/mol. The zero-order valence-corrected chi connectivity index (χ0v) is 11.0. The second kappa shape index (κ2) is 3.70. The Morgan fingerprint density at radius 1 is 1.27 bits per heavy atom. The molecule has 1 aromatic carbocycles. The Morgan fingerprint density at radius 3 is 2.87 bits per heavy atom. The Morgan fingerprint density at radius 2 is 2.07 bits per heavy atom. The maximum atomic E-state index is 3.71. The van der Waals surface area contributed by atoms with E-state index in [-0.39, 0.29) is 0 Å². The summed E-state index contributed by atoms with van der Waals surface area (Å²) in [6.07, 6.45) is 2.64. The van der Waals surface area contributed by atoms with E-state index < -0.39 is 0 Å². The first-order chi connectivity index (χ1) is 7.32. The minimum Gasteiger partial charge on any atom is -0.384 e. The van der Waals surface area contributed by atoms with E-state index in [1.807, 2.05) is 0 Å². The van der Waals surface area contributed by atoms with E-state index in [4.69, 9.17) is 0 Å². The van der Waals surface area contributed by atoms with Gasteiger partial charge in [-0.1, -0.05) is 22.0 Å². The zero-order chi connectivity index (χ0) is 10.3. The molecule has 0 aliphatic carbocycles. The van der Waals surface area contributed by atoms with E-state index in [0.29, 0.717) is 5.41 Å². The second-order valence-electron chi connectivity index (χ2n) is 4.41. The first kappa shape index (κ1) is 10.0. The minimum atomic E-state index is 0.417. The van der Waals surface area contributed by atoms with Gasteiger partial charge in [-0.2, -0.15) is 11.8 Å². The van der Waals surface area contributed by atoms with E-state index in [9.17, 15) is 0 Å².